The molecule has 0 aliphatic carbocycles. The number of nitrogens with zero attached hydrogens (tertiary/aromatic N) is 2. The van der Waals surface area contributed by atoms with Gasteiger partial charge in [-0.1, -0.05) is 15.9 Å². The van der Waals surface area contributed by atoms with Crippen LogP contribution in [0.1, 0.15) is 22.5 Å². The van der Waals surface area contributed by atoms with E-state index in [9.17, 15) is 4.39 Å². The van der Waals surface area contributed by atoms with Crippen molar-refractivity contribution < 1.29 is 4.39 Å². The Labute approximate surface area is 127 Å². The highest BCUT2D eigenvalue weighted by atomic mass is 79.9. The van der Waals surface area contributed by atoms with E-state index >= 15 is 0 Å². The molecular weight excluding hydrogens is 321 g/mol. The highest BCUT2D eigenvalue weighted by Gasteiger charge is 2.12. The summed E-state index contributed by atoms with van der Waals surface area (Å²) in [7, 11) is 1.94. The molecule has 1 N–H and O–H groups in total. The van der Waals surface area contributed by atoms with E-state index in [1.54, 1.807) is 12.1 Å². The molecule has 1 aromatic carbocycles. The SMILES string of the molecule is CNCCc1c(C)nn(Cc2cc(F)ccc2Br)c1C. The largest absolute Gasteiger partial charge is 0.319 e. The van der Waals surface area contributed by atoms with Crippen molar-refractivity contribution >= 4 is 15.9 Å². The van der Waals surface area contributed by atoms with Crippen molar-refractivity contribution in [1.29, 1.82) is 0 Å². The molecule has 1 heterocycles. The molecule has 0 amide bonds. The van der Waals surface area contributed by atoms with E-state index in [4.69, 9.17) is 0 Å². The van der Waals surface area contributed by atoms with Gasteiger partial charge in [0.25, 0.3) is 0 Å². The van der Waals surface area contributed by atoms with E-state index < -0.39 is 0 Å². The molecule has 0 unspecified atom stereocenters. The van der Waals surface area contributed by atoms with Crippen molar-refractivity contribution in [3.05, 3.63) is 51.0 Å². The second kappa shape index (κ2) is 6.50. The maximum absolute atomic E-state index is 13.3. The number of aromatic nitrogens is 2. The fourth-order valence-electron chi connectivity index (χ4n) is 2.33. The molecular formula is C15H19BrFN3. The standard InChI is InChI=1S/C15H19BrFN3/c1-10-14(6-7-18-3)11(2)20(19-10)9-12-8-13(17)4-5-15(12)16/h4-5,8,18H,6-7,9H2,1-3H3. The molecule has 2 rings (SSSR count). The minimum absolute atomic E-state index is 0.222. The van der Waals surface area contributed by atoms with E-state index in [2.05, 4.69) is 33.3 Å². The molecule has 20 heavy (non-hydrogen) atoms. The van der Waals surface area contributed by atoms with E-state index in [-0.39, 0.29) is 5.82 Å². The number of benzene rings is 1. The number of aryl methyl sites for hydroxylation is 1. The number of rotatable bonds is 5. The van der Waals surface area contributed by atoms with Crippen molar-refractivity contribution in [2.24, 2.45) is 0 Å². The second-order valence-electron chi connectivity index (χ2n) is 4.90. The highest BCUT2D eigenvalue weighted by Crippen LogP contribution is 2.21. The number of hydrogen-bond acceptors (Lipinski definition) is 2. The molecule has 1 aromatic heterocycles. The molecule has 0 aliphatic rings. The molecule has 0 bridgehead atoms. The lowest BCUT2D eigenvalue weighted by atomic mass is 10.1. The van der Waals surface area contributed by atoms with Gasteiger partial charge >= 0.3 is 0 Å². The predicted octanol–water partition coefficient (Wildman–Crippen LogP) is 3.21. The van der Waals surface area contributed by atoms with Crippen LogP contribution in [0.5, 0.6) is 0 Å². The lowest BCUT2D eigenvalue weighted by Crippen LogP contribution is -2.11. The van der Waals surface area contributed by atoms with Crippen LogP contribution >= 0.6 is 15.9 Å². The molecule has 5 heteroatoms. The third kappa shape index (κ3) is 3.27. The number of nitrogens with one attached hydrogen (secondary N) is 1. The number of hydrogen-bond donors (Lipinski definition) is 1. The zero-order valence-corrected chi connectivity index (χ0v) is 13.6. The van der Waals surface area contributed by atoms with Gasteiger partial charge < -0.3 is 5.32 Å². The Bertz CT molecular complexity index is 607. The Morgan fingerprint density at radius 1 is 1.35 bits per heavy atom. The summed E-state index contributed by atoms with van der Waals surface area (Å²) in [5.74, 6) is -0.222. The monoisotopic (exact) mass is 339 g/mol. The molecule has 0 radical (unpaired) electrons. The van der Waals surface area contributed by atoms with Crippen LogP contribution in [-0.2, 0) is 13.0 Å². The maximum Gasteiger partial charge on any atom is 0.123 e. The lowest BCUT2D eigenvalue weighted by molar-refractivity contribution is 0.614. The number of likely N-dealkylation sites (N-methyl/N-ethyl adjacent to an activating group) is 1. The van der Waals surface area contributed by atoms with Gasteiger partial charge in [0.15, 0.2) is 0 Å². The summed E-state index contributed by atoms with van der Waals surface area (Å²) in [4.78, 5) is 0. The smallest absolute Gasteiger partial charge is 0.123 e. The summed E-state index contributed by atoms with van der Waals surface area (Å²) in [6.45, 7) is 5.59. The molecule has 0 saturated carbocycles. The van der Waals surface area contributed by atoms with Gasteiger partial charge in [0, 0.05) is 10.2 Å². The Balaban J connectivity index is 2.27. The molecule has 2 aromatic rings. The second-order valence-corrected chi connectivity index (χ2v) is 5.75. The van der Waals surface area contributed by atoms with Gasteiger partial charge in [-0.25, -0.2) is 4.39 Å². The average Bonchev–Trinajstić information content (AvgIpc) is 2.67. The van der Waals surface area contributed by atoms with Gasteiger partial charge in [0.05, 0.1) is 12.2 Å². The summed E-state index contributed by atoms with van der Waals surface area (Å²) in [5.41, 5.74) is 4.36. The summed E-state index contributed by atoms with van der Waals surface area (Å²) in [6.07, 6.45) is 0.957. The third-order valence-electron chi connectivity index (χ3n) is 3.48. The molecule has 0 aliphatic heterocycles. The van der Waals surface area contributed by atoms with Crippen molar-refractivity contribution in [3.8, 4) is 0 Å². The van der Waals surface area contributed by atoms with E-state index in [0.717, 1.165) is 34.4 Å². The van der Waals surface area contributed by atoms with Gasteiger partial charge in [-0.3, -0.25) is 4.68 Å². The first-order valence-electron chi connectivity index (χ1n) is 6.64. The minimum Gasteiger partial charge on any atom is -0.319 e. The first kappa shape index (κ1) is 15.2. The average molecular weight is 340 g/mol. The van der Waals surface area contributed by atoms with Crippen molar-refractivity contribution in [3.63, 3.8) is 0 Å². The van der Waals surface area contributed by atoms with Gasteiger partial charge in [-0.15, -0.1) is 0 Å². The van der Waals surface area contributed by atoms with Crippen LogP contribution in [-0.4, -0.2) is 23.4 Å². The van der Waals surface area contributed by atoms with E-state index in [1.807, 2.05) is 18.7 Å². The summed E-state index contributed by atoms with van der Waals surface area (Å²) < 4.78 is 16.2. The summed E-state index contributed by atoms with van der Waals surface area (Å²) in [6, 6.07) is 4.74. The molecule has 0 spiro atoms. The topological polar surface area (TPSA) is 29.9 Å². The van der Waals surface area contributed by atoms with Gasteiger partial charge in [0.1, 0.15) is 5.82 Å². The Hall–Kier alpha value is -1.20. The zero-order valence-electron chi connectivity index (χ0n) is 12.0. The molecule has 108 valence electrons. The highest BCUT2D eigenvalue weighted by molar-refractivity contribution is 9.10. The van der Waals surface area contributed by atoms with Crippen molar-refractivity contribution in [1.82, 2.24) is 15.1 Å². The fourth-order valence-corrected chi connectivity index (χ4v) is 2.70. The van der Waals surface area contributed by atoms with E-state index in [0.29, 0.717) is 6.54 Å². The van der Waals surface area contributed by atoms with Crippen LogP contribution in [0.15, 0.2) is 22.7 Å². The molecule has 0 fully saturated rings. The van der Waals surface area contributed by atoms with Crippen LogP contribution in [0.4, 0.5) is 4.39 Å². The van der Waals surface area contributed by atoms with Crippen LogP contribution in [0.2, 0.25) is 0 Å². The van der Waals surface area contributed by atoms with Gasteiger partial charge in [-0.2, -0.15) is 5.10 Å². The number of halogens is 2. The molecule has 0 atom stereocenters. The Morgan fingerprint density at radius 2 is 2.10 bits per heavy atom. The normalized spacial score (nSPS) is 11.1. The predicted molar refractivity (Wildman–Crippen MR) is 82.5 cm³/mol. The first-order chi connectivity index (χ1) is 9.52. The quantitative estimate of drug-likeness (QED) is 0.906. The van der Waals surface area contributed by atoms with Crippen LogP contribution in [0.25, 0.3) is 0 Å². The van der Waals surface area contributed by atoms with Crippen LogP contribution in [0, 0.1) is 19.7 Å². The maximum atomic E-state index is 13.3. The molecule has 0 saturated heterocycles. The summed E-state index contributed by atoms with van der Waals surface area (Å²) in [5, 5.41) is 7.73. The third-order valence-corrected chi connectivity index (χ3v) is 4.26. The zero-order chi connectivity index (χ0) is 14.7. The van der Waals surface area contributed by atoms with Crippen LogP contribution in [0.3, 0.4) is 0 Å². The fraction of sp³-hybridized carbons (Fsp3) is 0.400. The van der Waals surface area contributed by atoms with Gasteiger partial charge in [-0.05, 0) is 63.2 Å². The van der Waals surface area contributed by atoms with Crippen molar-refractivity contribution in [2.75, 3.05) is 13.6 Å². The Kier molecular flexibility index (Phi) is 4.94. The summed E-state index contributed by atoms with van der Waals surface area (Å²) >= 11 is 3.46. The van der Waals surface area contributed by atoms with E-state index in [1.165, 1.54) is 11.6 Å². The van der Waals surface area contributed by atoms with Gasteiger partial charge in [0.2, 0.25) is 0 Å². The minimum atomic E-state index is -0.222. The Morgan fingerprint density at radius 3 is 2.80 bits per heavy atom. The van der Waals surface area contributed by atoms with Crippen molar-refractivity contribution in [2.45, 2.75) is 26.8 Å². The molecule has 3 nitrogen and oxygen atoms in total. The van der Waals surface area contributed by atoms with Crippen LogP contribution < -0.4 is 5.32 Å². The lowest BCUT2D eigenvalue weighted by Gasteiger charge is -2.08. The first-order valence-corrected chi connectivity index (χ1v) is 7.43.